The zero-order chi connectivity index (χ0) is 12.8. The van der Waals surface area contributed by atoms with E-state index in [1.807, 2.05) is 20.8 Å². The highest BCUT2D eigenvalue weighted by atomic mass is 16.5. The van der Waals surface area contributed by atoms with Gasteiger partial charge in [-0.3, -0.25) is 0 Å². The first-order valence-electron chi connectivity index (χ1n) is 5.77. The molecule has 17 heavy (non-hydrogen) atoms. The highest BCUT2D eigenvalue weighted by molar-refractivity contribution is 5.90. The van der Waals surface area contributed by atoms with E-state index < -0.39 is 0 Å². The van der Waals surface area contributed by atoms with Gasteiger partial charge < -0.3 is 9.47 Å². The summed E-state index contributed by atoms with van der Waals surface area (Å²) < 4.78 is 10.2. The second-order valence-electron chi connectivity index (χ2n) is 3.76. The fourth-order valence-electron chi connectivity index (χ4n) is 1.38. The van der Waals surface area contributed by atoms with Crippen molar-refractivity contribution in [3.05, 3.63) is 17.5 Å². The number of carbonyl (C=O) groups excluding carboxylic acids is 1. The van der Waals surface area contributed by atoms with Gasteiger partial charge in [0.2, 0.25) is 0 Å². The van der Waals surface area contributed by atoms with Crippen LogP contribution in [0, 0.1) is 0 Å². The maximum Gasteiger partial charge on any atom is 0.341 e. The summed E-state index contributed by atoms with van der Waals surface area (Å²) in [6.07, 6.45) is 1.46. The van der Waals surface area contributed by atoms with Crippen LogP contribution in [0.25, 0.3) is 0 Å². The van der Waals surface area contributed by atoms with Crippen LogP contribution in [0.4, 0.5) is 0 Å². The standard InChI is InChI=1S/C12H18N2O3/c1-5-16-11(15)9-7-13-12(17-6-2)14-10(9)8(3)4/h7-8H,5-6H2,1-4H3. The van der Waals surface area contributed by atoms with Crippen LogP contribution < -0.4 is 4.74 Å². The number of nitrogens with zero attached hydrogens (tertiary/aromatic N) is 2. The average molecular weight is 238 g/mol. The summed E-state index contributed by atoms with van der Waals surface area (Å²) in [6.45, 7) is 8.38. The molecule has 0 radical (unpaired) electrons. The van der Waals surface area contributed by atoms with Crippen LogP contribution in [-0.4, -0.2) is 29.2 Å². The third-order valence-corrected chi connectivity index (χ3v) is 2.11. The summed E-state index contributed by atoms with van der Waals surface area (Å²) in [7, 11) is 0. The Morgan fingerprint density at radius 3 is 2.59 bits per heavy atom. The van der Waals surface area contributed by atoms with Crippen LogP contribution >= 0.6 is 0 Å². The Balaban J connectivity index is 3.08. The van der Waals surface area contributed by atoms with Crippen LogP contribution in [0.3, 0.4) is 0 Å². The molecule has 5 nitrogen and oxygen atoms in total. The zero-order valence-corrected chi connectivity index (χ0v) is 10.7. The van der Waals surface area contributed by atoms with Crippen molar-refractivity contribution in [2.24, 2.45) is 0 Å². The molecular weight excluding hydrogens is 220 g/mol. The largest absolute Gasteiger partial charge is 0.464 e. The maximum absolute atomic E-state index is 11.7. The predicted octanol–water partition coefficient (Wildman–Crippen LogP) is 2.18. The number of hydrogen-bond donors (Lipinski definition) is 0. The Kier molecular flexibility index (Phi) is 4.87. The molecule has 0 saturated heterocycles. The summed E-state index contributed by atoms with van der Waals surface area (Å²) in [6, 6.07) is 0.296. The summed E-state index contributed by atoms with van der Waals surface area (Å²) in [5, 5.41) is 0. The van der Waals surface area contributed by atoms with Crippen LogP contribution in [0.1, 0.15) is 49.7 Å². The van der Waals surface area contributed by atoms with Crippen LogP contribution in [0.2, 0.25) is 0 Å². The maximum atomic E-state index is 11.7. The highest BCUT2D eigenvalue weighted by Gasteiger charge is 2.18. The topological polar surface area (TPSA) is 61.3 Å². The minimum Gasteiger partial charge on any atom is -0.464 e. The summed E-state index contributed by atoms with van der Waals surface area (Å²) in [5.41, 5.74) is 1.06. The minimum absolute atomic E-state index is 0.108. The van der Waals surface area contributed by atoms with Gasteiger partial charge >= 0.3 is 12.0 Å². The van der Waals surface area contributed by atoms with Crippen molar-refractivity contribution in [2.75, 3.05) is 13.2 Å². The molecule has 0 aliphatic rings. The van der Waals surface area contributed by atoms with Crippen molar-refractivity contribution in [1.82, 2.24) is 9.97 Å². The molecule has 94 valence electrons. The van der Waals surface area contributed by atoms with Crippen LogP contribution in [-0.2, 0) is 4.74 Å². The molecule has 0 bridgehead atoms. The lowest BCUT2D eigenvalue weighted by Crippen LogP contribution is -2.12. The molecule has 5 heteroatoms. The van der Waals surface area contributed by atoms with Gasteiger partial charge in [0.25, 0.3) is 0 Å². The van der Waals surface area contributed by atoms with Crippen molar-refractivity contribution in [3.8, 4) is 6.01 Å². The number of rotatable bonds is 5. The summed E-state index contributed by atoms with van der Waals surface area (Å²) in [5.74, 6) is -0.282. The predicted molar refractivity (Wildman–Crippen MR) is 63.2 cm³/mol. The van der Waals surface area contributed by atoms with Crippen molar-refractivity contribution in [1.29, 1.82) is 0 Å². The second-order valence-corrected chi connectivity index (χ2v) is 3.76. The van der Waals surface area contributed by atoms with Crippen LogP contribution in [0.5, 0.6) is 6.01 Å². The normalized spacial score (nSPS) is 10.4. The second kappa shape index (κ2) is 6.18. The van der Waals surface area contributed by atoms with E-state index in [0.29, 0.717) is 30.5 Å². The number of aromatic nitrogens is 2. The molecule has 1 aromatic rings. The van der Waals surface area contributed by atoms with Crippen molar-refractivity contribution in [2.45, 2.75) is 33.6 Å². The van der Waals surface area contributed by atoms with Gasteiger partial charge in [-0.1, -0.05) is 13.8 Å². The summed E-state index contributed by atoms with van der Waals surface area (Å²) in [4.78, 5) is 19.9. The molecule has 1 rings (SSSR count). The van der Waals surface area contributed by atoms with Gasteiger partial charge in [0, 0.05) is 6.20 Å². The van der Waals surface area contributed by atoms with Crippen molar-refractivity contribution >= 4 is 5.97 Å². The monoisotopic (exact) mass is 238 g/mol. The quantitative estimate of drug-likeness (QED) is 0.736. The fraction of sp³-hybridized carbons (Fsp3) is 0.583. The molecule has 0 aliphatic heterocycles. The molecule has 0 fully saturated rings. The van der Waals surface area contributed by atoms with E-state index in [9.17, 15) is 4.79 Å². The average Bonchev–Trinajstić information content (AvgIpc) is 2.29. The Hall–Kier alpha value is -1.65. The van der Waals surface area contributed by atoms with E-state index in [4.69, 9.17) is 9.47 Å². The molecule has 0 spiro atoms. The first kappa shape index (κ1) is 13.4. The molecule has 0 atom stereocenters. The third-order valence-electron chi connectivity index (χ3n) is 2.11. The Morgan fingerprint density at radius 1 is 1.35 bits per heavy atom. The number of ether oxygens (including phenoxy) is 2. The number of carbonyl (C=O) groups is 1. The molecule has 1 aromatic heterocycles. The molecule has 1 heterocycles. The van der Waals surface area contributed by atoms with Gasteiger partial charge in [0.1, 0.15) is 0 Å². The third kappa shape index (κ3) is 3.41. The molecule has 0 aromatic carbocycles. The highest BCUT2D eigenvalue weighted by Crippen LogP contribution is 2.19. The van der Waals surface area contributed by atoms with Crippen LogP contribution in [0.15, 0.2) is 6.20 Å². The van der Waals surface area contributed by atoms with E-state index >= 15 is 0 Å². The molecule has 0 saturated carbocycles. The van der Waals surface area contributed by atoms with E-state index in [2.05, 4.69) is 9.97 Å². The Labute approximate surface area is 101 Å². The smallest absolute Gasteiger partial charge is 0.341 e. The lowest BCUT2D eigenvalue weighted by Gasteiger charge is -2.11. The Morgan fingerprint density at radius 2 is 2.06 bits per heavy atom. The van der Waals surface area contributed by atoms with Gasteiger partial charge in [-0.05, 0) is 19.8 Å². The number of esters is 1. The summed E-state index contributed by atoms with van der Waals surface area (Å²) >= 11 is 0. The fourth-order valence-corrected chi connectivity index (χ4v) is 1.38. The van der Waals surface area contributed by atoms with Gasteiger partial charge in [0.15, 0.2) is 0 Å². The lowest BCUT2D eigenvalue weighted by molar-refractivity contribution is 0.0523. The van der Waals surface area contributed by atoms with Gasteiger partial charge in [-0.25, -0.2) is 9.78 Å². The zero-order valence-electron chi connectivity index (χ0n) is 10.7. The van der Waals surface area contributed by atoms with E-state index in [0.717, 1.165) is 0 Å². The molecule has 0 amide bonds. The first-order chi connectivity index (χ1) is 8.10. The van der Waals surface area contributed by atoms with E-state index in [-0.39, 0.29) is 11.9 Å². The molecule has 0 unspecified atom stereocenters. The van der Waals surface area contributed by atoms with Gasteiger partial charge in [-0.2, -0.15) is 4.98 Å². The van der Waals surface area contributed by atoms with Gasteiger partial charge in [-0.15, -0.1) is 0 Å². The minimum atomic E-state index is -0.390. The van der Waals surface area contributed by atoms with E-state index in [1.165, 1.54) is 6.20 Å². The van der Waals surface area contributed by atoms with Gasteiger partial charge in [0.05, 0.1) is 24.5 Å². The first-order valence-corrected chi connectivity index (χ1v) is 5.77. The molecular formula is C12H18N2O3. The lowest BCUT2D eigenvalue weighted by atomic mass is 10.1. The van der Waals surface area contributed by atoms with Crippen molar-refractivity contribution < 1.29 is 14.3 Å². The van der Waals surface area contributed by atoms with E-state index in [1.54, 1.807) is 6.92 Å². The molecule has 0 N–H and O–H groups in total. The number of hydrogen-bond acceptors (Lipinski definition) is 5. The SMILES string of the molecule is CCOC(=O)c1cnc(OCC)nc1C(C)C. The molecule has 0 aliphatic carbocycles. The Bertz CT molecular complexity index is 391. The van der Waals surface area contributed by atoms with Crippen molar-refractivity contribution in [3.63, 3.8) is 0 Å².